The fraction of sp³-hybridized carbons (Fsp3) is 0.538. The van der Waals surface area contributed by atoms with Crippen LogP contribution in [0.1, 0.15) is 31.2 Å². The van der Waals surface area contributed by atoms with Crippen molar-refractivity contribution in [2.75, 3.05) is 13.7 Å². The van der Waals surface area contributed by atoms with Crippen molar-refractivity contribution in [2.45, 2.75) is 31.1 Å². The van der Waals surface area contributed by atoms with Crippen LogP contribution in [0.5, 0.6) is 5.75 Å². The molecule has 1 aromatic carbocycles. The summed E-state index contributed by atoms with van der Waals surface area (Å²) in [5, 5.41) is 0.784. The summed E-state index contributed by atoms with van der Waals surface area (Å²) >= 11 is 6.32. The fourth-order valence-electron chi connectivity index (χ4n) is 2.80. The van der Waals surface area contributed by atoms with Gasteiger partial charge in [-0.1, -0.05) is 30.5 Å². The molecule has 0 atom stereocenters. The van der Waals surface area contributed by atoms with Crippen molar-refractivity contribution < 1.29 is 4.74 Å². The highest BCUT2D eigenvalue weighted by atomic mass is 35.5. The summed E-state index contributed by atoms with van der Waals surface area (Å²) in [6.07, 6.45) is 4.68. The van der Waals surface area contributed by atoms with Crippen molar-refractivity contribution in [3.63, 3.8) is 0 Å². The van der Waals surface area contributed by atoms with Gasteiger partial charge in [0, 0.05) is 22.5 Å². The Hall–Kier alpha value is -0.730. The van der Waals surface area contributed by atoms with E-state index in [2.05, 4.69) is 0 Å². The summed E-state index contributed by atoms with van der Waals surface area (Å²) in [6.45, 7) is 0.646. The van der Waals surface area contributed by atoms with Gasteiger partial charge in [-0.15, -0.1) is 0 Å². The van der Waals surface area contributed by atoms with Crippen molar-refractivity contribution in [1.82, 2.24) is 0 Å². The van der Waals surface area contributed by atoms with Gasteiger partial charge in [-0.2, -0.15) is 0 Å². The standard InChI is InChI=1S/C13H18ClNO/c1-16-11-6-4-5-10(14)12(11)13(9-15)7-2-3-8-13/h4-6H,2-3,7-9,15H2,1H3. The zero-order valence-corrected chi connectivity index (χ0v) is 10.4. The molecule has 0 aliphatic heterocycles. The molecule has 1 aliphatic carbocycles. The molecule has 1 aliphatic rings. The van der Waals surface area contributed by atoms with Crippen molar-refractivity contribution in [3.05, 3.63) is 28.8 Å². The second-order valence-electron chi connectivity index (χ2n) is 4.51. The quantitative estimate of drug-likeness (QED) is 0.880. The number of ether oxygens (including phenoxy) is 1. The number of rotatable bonds is 3. The van der Waals surface area contributed by atoms with Crippen LogP contribution in [-0.2, 0) is 5.41 Å². The van der Waals surface area contributed by atoms with Gasteiger partial charge < -0.3 is 10.5 Å². The third kappa shape index (κ3) is 1.80. The van der Waals surface area contributed by atoms with E-state index >= 15 is 0 Å². The van der Waals surface area contributed by atoms with Crippen LogP contribution < -0.4 is 10.5 Å². The molecule has 0 aromatic heterocycles. The SMILES string of the molecule is COc1cccc(Cl)c1C1(CN)CCCC1. The van der Waals surface area contributed by atoms with Crippen LogP contribution in [0.15, 0.2) is 18.2 Å². The summed E-state index contributed by atoms with van der Waals surface area (Å²) in [4.78, 5) is 0. The van der Waals surface area contributed by atoms with Crippen LogP contribution in [0.3, 0.4) is 0 Å². The summed E-state index contributed by atoms with van der Waals surface area (Å²) in [5.74, 6) is 0.875. The number of nitrogens with two attached hydrogens (primary N) is 1. The zero-order chi connectivity index (χ0) is 11.6. The highest BCUT2D eigenvalue weighted by Crippen LogP contribution is 2.46. The Morgan fingerprint density at radius 1 is 1.38 bits per heavy atom. The lowest BCUT2D eigenvalue weighted by atomic mass is 9.78. The molecule has 0 amide bonds. The molecule has 0 saturated heterocycles. The van der Waals surface area contributed by atoms with Gasteiger partial charge >= 0.3 is 0 Å². The van der Waals surface area contributed by atoms with Gasteiger partial charge in [0.2, 0.25) is 0 Å². The van der Waals surface area contributed by atoms with Crippen molar-refractivity contribution in [2.24, 2.45) is 5.73 Å². The Morgan fingerprint density at radius 2 is 2.06 bits per heavy atom. The number of hydrogen-bond donors (Lipinski definition) is 1. The van der Waals surface area contributed by atoms with Gasteiger partial charge in [-0.05, 0) is 25.0 Å². The lowest BCUT2D eigenvalue weighted by Gasteiger charge is -2.30. The van der Waals surface area contributed by atoms with E-state index < -0.39 is 0 Å². The van der Waals surface area contributed by atoms with E-state index in [0.717, 1.165) is 29.2 Å². The highest BCUT2D eigenvalue weighted by Gasteiger charge is 2.38. The molecular weight excluding hydrogens is 222 g/mol. The fourth-order valence-corrected chi connectivity index (χ4v) is 3.16. The Morgan fingerprint density at radius 3 is 2.62 bits per heavy atom. The van der Waals surface area contributed by atoms with Crippen LogP contribution in [0.2, 0.25) is 5.02 Å². The summed E-state index contributed by atoms with van der Waals surface area (Å²) in [5.41, 5.74) is 7.12. The number of hydrogen-bond acceptors (Lipinski definition) is 2. The zero-order valence-electron chi connectivity index (χ0n) is 9.63. The summed E-state index contributed by atoms with van der Waals surface area (Å²) in [6, 6.07) is 5.82. The van der Waals surface area contributed by atoms with Crippen LogP contribution in [0, 0.1) is 0 Å². The minimum atomic E-state index is 0.0314. The van der Waals surface area contributed by atoms with Crippen LogP contribution in [0.4, 0.5) is 0 Å². The lowest BCUT2D eigenvalue weighted by Crippen LogP contribution is -2.32. The minimum absolute atomic E-state index is 0.0314. The van der Waals surface area contributed by atoms with Crippen molar-refractivity contribution >= 4 is 11.6 Å². The van der Waals surface area contributed by atoms with Crippen molar-refractivity contribution in [1.29, 1.82) is 0 Å². The molecule has 88 valence electrons. The maximum atomic E-state index is 6.32. The Balaban J connectivity index is 2.52. The number of methoxy groups -OCH3 is 1. The first-order valence-electron chi connectivity index (χ1n) is 5.76. The first-order chi connectivity index (χ1) is 7.73. The largest absolute Gasteiger partial charge is 0.496 e. The smallest absolute Gasteiger partial charge is 0.124 e. The second kappa shape index (κ2) is 4.64. The molecule has 1 saturated carbocycles. The summed E-state index contributed by atoms with van der Waals surface area (Å²) < 4.78 is 5.43. The molecule has 3 heteroatoms. The highest BCUT2D eigenvalue weighted by molar-refractivity contribution is 6.31. The molecule has 2 N–H and O–H groups in total. The molecule has 16 heavy (non-hydrogen) atoms. The van der Waals surface area contributed by atoms with E-state index in [9.17, 15) is 0 Å². The predicted molar refractivity (Wildman–Crippen MR) is 67.2 cm³/mol. The number of halogens is 1. The molecular formula is C13H18ClNO. The third-order valence-corrected chi connectivity index (χ3v) is 3.99. The molecule has 0 radical (unpaired) electrons. The van der Waals surface area contributed by atoms with Gasteiger partial charge in [-0.25, -0.2) is 0 Å². The van der Waals surface area contributed by atoms with E-state index in [0.29, 0.717) is 6.54 Å². The third-order valence-electron chi connectivity index (χ3n) is 3.68. The van der Waals surface area contributed by atoms with Crippen LogP contribution in [0.25, 0.3) is 0 Å². The Labute approximate surface area is 102 Å². The molecule has 0 bridgehead atoms. The van der Waals surface area contributed by atoms with Crippen molar-refractivity contribution in [3.8, 4) is 5.75 Å². The first-order valence-corrected chi connectivity index (χ1v) is 6.14. The maximum absolute atomic E-state index is 6.32. The van der Waals surface area contributed by atoms with E-state index in [1.54, 1.807) is 7.11 Å². The van der Waals surface area contributed by atoms with Crippen LogP contribution in [-0.4, -0.2) is 13.7 Å². The van der Waals surface area contributed by atoms with Gasteiger partial charge in [0.15, 0.2) is 0 Å². The molecule has 0 heterocycles. The average molecular weight is 240 g/mol. The normalized spacial score (nSPS) is 18.7. The van der Waals surface area contributed by atoms with Crippen LogP contribution >= 0.6 is 11.6 Å². The Kier molecular flexibility index (Phi) is 3.41. The second-order valence-corrected chi connectivity index (χ2v) is 4.92. The van der Waals surface area contributed by atoms with E-state index in [-0.39, 0.29) is 5.41 Å². The van der Waals surface area contributed by atoms with Gasteiger partial charge in [0.05, 0.1) is 7.11 Å². The molecule has 2 nitrogen and oxygen atoms in total. The Bertz CT molecular complexity index is 372. The average Bonchev–Trinajstić information content (AvgIpc) is 2.78. The van der Waals surface area contributed by atoms with E-state index in [4.69, 9.17) is 22.1 Å². The monoisotopic (exact) mass is 239 g/mol. The van der Waals surface area contributed by atoms with E-state index in [1.807, 2.05) is 18.2 Å². The summed E-state index contributed by atoms with van der Waals surface area (Å²) in [7, 11) is 1.69. The molecule has 1 fully saturated rings. The van der Waals surface area contributed by atoms with Gasteiger partial charge in [0.25, 0.3) is 0 Å². The van der Waals surface area contributed by atoms with E-state index in [1.165, 1.54) is 12.8 Å². The number of benzene rings is 1. The molecule has 2 rings (SSSR count). The minimum Gasteiger partial charge on any atom is -0.496 e. The lowest BCUT2D eigenvalue weighted by molar-refractivity contribution is 0.378. The van der Waals surface area contributed by atoms with Gasteiger partial charge in [-0.3, -0.25) is 0 Å². The topological polar surface area (TPSA) is 35.2 Å². The maximum Gasteiger partial charge on any atom is 0.124 e. The molecule has 1 aromatic rings. The van der Waals surface area contributed by atoms with Gasteiger partial charge in [0.1, 0.15) is 5.75 Å². The predicted octanol–water partition coefficient (Wildman–Crippen LogP) is 3.12. The molecule has 0 unspecified atom stereocenters. The molecule has 0 spiro atoms. The first kappa shape index (κ1) is 11.7.